The van der Waals surface area contributed by atoms with Crippen molar-refractivity contribution >= 4 is 18.2 Å². The molecule has 0 atom stereocenters. The van der Waals surface area contributed by atoms with Crippen molar-refractivity contribution in [2.24, 2.45) is 11.8 Å². The molecule has 1 saturated carbocycles. The topological polar surface area (TPSA) is 122 Å². The first-order valence-electron chi connectivity index (χ1n) is 7.32. The van der Waals surface area contributed by atoms with Crippen LogP contribution in [0.2, 0.25) is 0 Å². The molecule has 0 aliphatic heterocycles. The van der Waals surface area contributed by atoms with Gasteiger partial charge in [0.15, 0.2) is 0 Å². The zero-order valence-electron chi connectivity index (χ0n) is 13.0. The van der Waals surface area contributed by atoms with Gasteiger partial charge in [-0.15, -0.1) is 0 Å². The van der Waals surface area contributed by atoms with Gasteiger partial charge in [0.2, 0.25) is 6.79 Å². The number of hydrogen-bond acceptors (Lipinski definition) is 5. The van der Waals surface area contributed by atoms with Gasteiger partial charge in [-0.25, -0.2) is 9.59 Å². The van der Waals surface area contributed by atoms with Gasteiger partial charge in [0, 0.05) is 6.54 Å². The van der Waals surface area contributed by atoms with Crippen LogP contribution in [0.3, 0.4) is 0 Å². The Balaban J connectivity index is 0.000000980. The van der Waals surface area contributed by atoms with Gasteiger partial charge in [0.05, 0.1) is 5.92 Å². The highest BCUT2D eigenvalue weighted by molar-refractivity contribution is 5.71. The van der Waals surface area contributed by atoms with E-state index in [1.165, 1.54) is 32.1 Å². The fraction of sp³-hybridized carbons (Fsp3) is 0.786. The summed E-state index contributed by atoms with van der Waals surface area (Å²) in [5.74, 6) is -0.0153. The van der Waals surface area contributed by atoms with Crippen LogP contribution in [0, 0.1) is 11.8 Å². The average Bonchev–Trinajstić information content (AvgIpc) is 2.45. The summed E-state index contributed by atoms with van der Waals surface area (Å²) in [7, 11) is 0. The minimum absolute atomic E-state index is 0.209. The maximum atomic E-state index is 11.3. The molecule has 0 heterocycles. The van der Waals surface area contributed by atoms with Crippen LogP contribution in [0.4, 0.5) is 9.59 Å². The highest BCUT2D eigenvalue weighted by Crippen LogP contribution is 2.22. The number of carbonyl (C=O) groups excluding carboxylic acids is 2. The summed E-state index contributed by atoms with van der Waals surface area (Å²) in [6, 6.07) is 0. The molecule has 1 aliphatic carbocycles. The molecule has 0 spiro atoms. The van der Waals surface area contributed by atoms with E-state index in [4.69, 9.17) is 24.5 Å². The van der Waals surface area contributed by atoms with Gasteiger partial charge >= 0.3 is 18.2 Å². The van der Waals surface area contributed by atoms with Crippen LogP contribution in [0.25, 0.3) is 0 Å². The summed E-state index contributed by atoms with van der Waals surface area (Å²) in [6.45, 7) is 3.79. The number of rotatable bonds is 5. The molecule has 1 aliphatic rings. The lowest BCUT2D eigenvalue weighted by Gasteiger charge is -2.21. The number of esters is 1. The molecule has 3 N–H and O–H groups in total. The minimum Gasteiger partial charge on any atom is -0.450 e. The second kappa shape index (κ2) is 11.6. The molecule has 128 valence electrons. The molecule has 0 aromatic heterocycles. The van der Waals surface area contributed by atoms with E-state index in [-0.39, 0.29) is 18.7 Å². The van der Waals surface area contributed by atoms with Crippen molar-refractivity contribution in [3.8, 4) is 0 Å². The molecule has 0 unspecified atom stereocenters. The molecule has 0 bridgehead atoms. The molecule has 8 nitrogen and oxygen atoms in total. The van der Waals surface area contributed by atoms with Crippen LogP contribution in [-0.4, -0.2) is 41.8 Å². The van der Waals surface area contributed by atoms with E-state index in [0.717, 1.165) is 0 Å². The predicted molar refractivity (Wildman–Crippen MR) is 77.5 cm³/mol. The van der Waals surface area contributed by atoms with E-state index in [2.05, 4.69) is 5.32 Å². The lowest BCUT2D eigenvalue weighted by Crippen LogP contribution is -2.31. The molecule has 1 amide bonds. The van der Waals surface area contributed by atoms with Gasteiger partial charge in [-0.3, -0.25) is 4.79 Å². The largest absolute Gasteiger partial charge is 0.503 e. The number of nitrogens with one attached hydrogen (secondary N) is 1. The van der Waals surface area contributed by atoms with Crippen LogP contribution in [0.15, 0.2) is 0 Å². The van der Waals surface area contributed by atoms with Crippen molar-refractivity contribution in [2.75, 3.05) is 13.3 Å². The number of ether oxygens (including phenoxy) is 2. The molecule has 0 aromatic carbocycles. The summed E-state index contributed by atoms with van der Waals surface area (Å²) < 4.78 is 9.50. The standard InChI is InChI=1S/C13H23NO4.CH2O3/c1-10(2)12(15)17-9-18-13(16)14-8-11-6-4-3-5-7-11;2-1(3)4/h10-11H,3-9H2,1-2H3,(H,14,16);(H2,2,3,4). The molecule has 8 heteroatoms. The number of carboxylic acid groups (broad SMARTS) is 2. The SMILES string of the molecule is CC(C)C(=O)OCOC(=O)NCC1CCCCC1.O=C(O)O. The van der Waals surface area contributed by atoms with Crippen molar-refractivity contribution in [1.82, 2.24) is 5.32 Å². The van der Waals surface area contributed by atoms with Crippen molar-refractivity contribution in [3.63, 3.8) is 0 Å². The number of amides is 1. The molecule has 22 heavy (non-hydrogen) atoms. The number of alkyl carbamates (subject to hydrolysis) is 1. The normalized spacial score (nSPS) is 14.5. The van der Waals surface area contributed by atoms with Gasteiger partial charge in [-0.05, 0) is 18.8 Å². The van der Waals surface area contributed by atoms with E-state index in [0.29, 0.717) is 12.5 Å². The Bertz CT molecular complexity index is 347. The van der Waals surface area contributed by atoms with E-state index in [1.54, 1.807) is 13.8 Å². The Morgan fingerprint density at radius 2 is 1.64 bits per heavy atom. The van der Waals surface area contributed by atoms with Crippen LogP contribution in [-0.2, 0) is 14.3 Å². The summed E-state index contributed by atoms with van der Waals surface area (Å²) in [6.07, 6.45) is 3.77. The van der Waals surface area contributed by atoms with Gasteiger partial charge in [-0.2, -0.15) is 0 Å². The Labute approximate surface area is 129 Å². The second-order valence-electron chi connectivity index (χ2n) is 5.34. The van der Waals surface area contributed by atoms with Crippen molar-refractivity contribution in [3.05, 3.63) is 0 Å². The highest BCUT2D eigenvalue weighted by atomic mass is 16.7. The van der Waals surface area contributed by atoms with E-state index in [9.17, 15) is 9.59 Å². The van der Waals surface area contributed by atoms with E-state index < -0.39 is 12.2 Å². The fourth-order valence-electron chi connectivity index (χ4n) is 1.98. The molecule has 1 rings (SSSR count). The lowest BCUT2D eigenvalue weighted by atomic mass is 9.89. The third-order valence-electron chi connectivity index (χ3n) is 3.12. The fourth-order valence-corrected chi connectivity index (χ4v) is 1.98. The Morgan fingerprint density at radius 3 is 2.14 bits per heavy atom. The first kappa shape index (κ1) is 20.0. The lowest BCUT2D eigenvalue weighted by molar-refractivity contribution is -0.155. The molecule has 0 radical (unpaired) electrons. The first-order valence-corrected chi connectivity index (χ1v) is 7.32. The van der Waals surface area contributed by atoms with E-state index in [1.807, 2.05) is 0 Å². The zero-order valence-corrected chi connectivity index (χ0v) is 13.0. The van der Waals surface area contributed by atoms with Crippen molar-refractivity contribution in [1.29, 1.82) is 0 Å². The summed E-state index contributed by atoms with van der Waals surface area (Å²) in [5, 5.41) is 16.6. The minimum atomic E-state index is -1.83. The summed E-state index contributed by atoms with van der Waals surface area (Å²) >= 11 is 0. The Hall–Kier alpha value is -1.99. The quantitative estimate of drug-likeness (QED) is 0.526. The van der Waals surface area contributed by atoms with Crippen molar-refractivity contribution in [2.45, 2.75) is 46.0 Å². The third-order valence-corrected chi connectivity index (χ3v) is 3.12. The van der Waals surface area contributed by atoms with Gasteiger partial charge in [-0.1, -0.05) is 33.1 Å². The second-order valence-corrected chi connectivity index (χ2v) is 5.34. The predicted octanol–water partition coefficient (Wildman–Crippen LogP) is 2.67. The summed E-state index contributed by atoms with van der Waals surface area (Å²) in [5.41, 5.74) is 0. The number of hydrogen-bond donors (Lipinski definition) is 3. The molecular formula is C14H25NO7. The van der Waals surface area contributed by atoms with Crippen LogP contribution in [0.1, 0.15) is 46.0 Å². The van der Waals surface area contributed by atoms with Crippen LogP contribution < -0.4 is 5.32 Å². The van der Waals surface area contributed by atoms with Gasteiger partial charge in [0.1, 0.15) is 0 Å². The van der Waals surface area contributed by atoms with E-state index >= 15 is 0 Å². The molecule has 0 saturated heterocycles. The molecule has 0 aromatic rings. The van der Waals surface area contributed by atoms with Crippen LogP contribution in [0.5, 0.6) is 0 Å². The molecule has 1 fully saturated rings. The first-order chi connectivity index (χ1) is 10.3. The average molecular weight is 319 g/mol. The maximum absolute atomic E-state index is 11.3. The Morgan fingerprint density at radius 1 is 1.09 bits per heavy atom. The Kier molecular flexibility index (Phi) is 10.6. The number of carbonyl (C=O) groups is 3. The molecular weight excluding hydrogens is 294 g/mol. The smallest absolute Gasteiger partial charge is 0.450 e. The third kappa shape index (κ3) is 11.8. The monoisotopic (exact) mass is 319 g/mol. The maximum Gasteiger partial charge on any atom is 0.503 e. The van der Waals surface area contributed by atoms with Gasteiger partial charge < -0.3 is 25.0 Å². The zero-order chi connectivity index (χ0) is 17.0. The highest BCUT2D eigenvalue weighted by Gasteiger charge is 2.15. The van der Waals surface area contributed by atoms with Crippen molar-refractivity contribution < 1.29 is 34.1 Å². The van der Waals surface area contributed by atoms with Gasteiger partial charge in [0.25, 0.3) is 0 Å². The van der Waals surface area contributed by atoms with Crippen LogP contribution >= 0.6 is 0 Å². The summed E-state index contributed by atoms with van der Waals surface area (Å²) in [4.78, 5) is 31.0.